The van der Waals surface area contributed by atoms with Gasteiger partial charge in [-0.15, -0.1) is 11.3 Å². The molecule has 9 heteroatoms. The van der Waals surface area contributed by atoms with Crippen LogP contribution in [0.25, 0.3) is 0 Å². The van der Waals surface area contributed by atoms with Crippen molar-refractivity contribution in [1.29, 1.82) is 5.26 Å². The highest BCUT2D eigenvalue weighted by molar-refractivity contribution is 7.18. The molecule has 0 spiro atoms. The zero-order valence-electron chi connectivity index (χ0n) is 14.3. The van der Waals surface area contributed by atoms with Gasteiger partial charge in [0.1, 0.15) is 15.9 Å². The highest BCUT2D eigenvalue weighted by Crippen LogP contribution is 2.32. The van der Waals surface area contributed by atoms with E-state index in [1.807, 2.05) is 6.07 Å². The van der Waals surface area contributed by atoms with E-state index in [0.29, 0.717) is 21.9 Å². The van der Waals surface area contributed by atoms with E-state index in [2.05, 4.69) is 15.8 Å². The van der Waals surface area contributed by atoms with Crippen molar-refractivity contribution in [2.45, 2.75) is 13.8 Å². The predicted molar refractivity (Wildman–Crippen MR) is 97.8 cm³/mol. The molecule has 8 nitrogen and oxygen atoms in total. The molecule has 1 heterocycles. The summed E-state index contributed by atoms with van der Waals surface area (Å²) in [4.78, 5) is 23.8. The number of rotatable bonds is 5. The Bertz CT molecular complexity index is 928. The van der Waals surface area contributed by atoms with Crippen LogP contribution in [-0.4, -0.2) is 30.2 Å². The first-order chi connectivity index (χ1) is 12.4. The number of carbonyl (C=O) groups is 2. The summed E-state index contributed by atoms with van der Waals surface area (Å²) < 4.78 is 4.95. The van der Waals surface area contributed by atoms with Crippen LogP contribution in [0.4, 0.5) is 5.00 Å². The van der Waals surface area contributed by atoms with Gasteiger partial charge in [0.25, 0.3) is 5.91 Å². The number of hydrogen-bond acceptors (Lipinski definition) is 7. The summed E-state index contributed by atoms with van der Waals surface area (Å²) >= 11 is 1.00. The molecule has 0 atom stereocenters. The molecule has 0 bridgehead atoms. The van der Waals surface area contributed by atoms with Crippen molar-refractivity contribution < 1.29 is 19.4 Å². The lowest BCUT2D eigenvalue weighted by Gasteiger charge is -2.03. The Morgan fingerprint density at radius 1 is 1.42 bits per heavy atom. The standard InChI is InChI=1S/C17H16N4O4S/c1-9-12(7-18)17(20-10(2)22)26-15(9)16(24)21-19-8-11-4-5-14(25-3)13(23)6-11/h4-6,8,23H,1-3H3,(H,20,22)(H,21,24)/b19-8-. The number of anilines is 1. The molecule has 0 saturated heterocycles. The third kappa shape index (κ3) is 4.17. The van der Waals surface area contributed by atoms with Crippen LogP contribution >= 0.6 is 11.3 Å². The molecule has 1 aromatic carbocycles. The number of methoxy groups -OCH3 is 1. The molecule has 0 aliphatic heterocycles. The van der Waals surface area contributed by atoms with E-state index >= 15 is 0 Å². The molecule has 0 fully saturated rings. The van der Waals surface area contributed by atoms with Crippen LogP contribution in [0.2, 0.25) is 0 Å². The lowest BCUT2D eigenvalue weighted by Crippen LogP contribution is -2.17. The molecule has 0 saturated carbocycles. The maximum absolute atomic E-state index is 12.3. The van der Waals surface area contributed by atoms with Gasteiger partial charge in [-0.05, 0) is 36.2 Å². The van der Waals surface area contributed by atoms with E-state index in [0.717, 1.165) is 11.3 Å². The number of carbonyl (C=O) groups excluding carboxylic acids is 2. The summed E-state index contributed by atoms with van der Waals surface area (Å²) in [6.45, 7) is 2.95. The van der Waals surface area contributed by atoms with Gasteiger partial charge in [0.05, 0.1) is 18.9 Å². The normalized spacial score (nSPS) is 10.4. The second kappa shape index (κ2) is 8.13. The fraction of sp³-hybridized carbons (Fsp3) is 0.176. The van der Waals surface area contributed by atoms with Gasteiger partial charge in [-0.2, -0.15) is 10.4 Å². The van der Waals surface area contributed by atoms with E-state index in [9.17, 15) is 20.0 Å². The molecule has 0 radical (unpaired) electrons. The topological polar surface area (TPSA) is 124 Å². The molecule has 26 heavy (non-hydrogen) atoms. The number of amides is 2. The van der Waals surface area contributed by atoms with Crippen molar-refractivity contribution in [3.05, 3.63) is 39.8 Å². The number of nitrogens with one attached hydrogen (secondary N) is 2. The number of benzene rings is 1. The van der Waals surface area contributed by atoms with Crippen molar-refractivity contribution in [2.75, 3.05) is 12.4 Å². The van der Waals surface area contributed by atoms with Gasteiger partial charge in [-0.1, -0.05) is 0 Å². The largest absolute Gasteiger partial charge is 0.504 e. The highest BCUT2D eigenvalue weighted by Gasteiger charge is 2.20. The molecule has 1 aromatic heterocycles. The molecule has 2 rings (SSSR count). The fourth-order valence-electron chi connectivity index (χ4n) is 2.12. The van der Waals surface area contributed by atoms with Crippen LogP contribution in [0.3, 0.4) is 0 Å². The maximum atomic E-state index is 12.3. The van der Waals surface area contributed by atoms with Crippen molar-refractivity contribution in [3.63, 3.8) is 0 Å². The average Bonchev–Trinajstić information content (AvgIpc) is 2.89. The summed E-state index contributed by atoms with van der Waals surface area (Å²) in [5.41, 5.74) is 3.64. The van der Waals surface area contributed by atoms with Gasteiger partial charge in [-0.3, -0.25) is 9.59 Å². The van der Waals surface area contributed by atoms with Crippen LogP contribution in [0, 0.1) is 18.3 Å². The summed E-state index contributed by atoms with van der Waals surface area (Å²) in [5, 5.41) is 25.6. The minimum atomic E-state index is -0.505. The third-order valence-corrected chi connectivity index (χ3v) is 4.54. The van der Waals surface area contributed by atoms with Gasteiger partial charge in [0.15, 0.2) is 11.5 Å². The van der Waals surface area contributed by atoms with Crippen LogP contribution in [0.5, 0.6) is 11.5 Å². The van der Waals surface area contributed by atoms with Crippen LogP contribution in [0.15, 0.2) is 23.3 Å². The summed E-state index contributed by atoms with van der Waals surface area (Å²) in [6.07, 6.45) is 1.36. The number of aromatic hydroxyl groups is 1. The monoisotopic (exact) mass is 372 g/mol. The zero-order chi connectivity index (χ0) is 19.3. The number of thiophene rings is 1. The first kappa shape index (κ1) is 19.0. The quantitative estimate of drug-likeness (QED) is 0.549. The number of hydrazone groups is 1. The molecule has 2 amide bonds. The van der Waals surface area contributed by atoms with E-state index in [1.165, 1.54) is 26.3 Å². The van der Waals surface area contributed by atoms with Gasteiger partial charge in [0, 0.05) is 6.92 Å². The Morgan fingerprint density at radius 3 is 2.73 bits per heavy atom. The van der Waals surface area contributed by atoms with E-state index in [1.54, 1.807) is 19.1 Å². The Morgan fingerprint density at radius 2 is 2.15 bits per heavy atom. The average molecular weight is 372 g/mol. The highest BCUT2D eigenvalue weighted by atomic mass is 32.1. The zero-order valence-corrected chi connectivity index (χ0v) is 15.1. The second-order valence-electron chi connectivity index (χ2n) is 5.18. The second-order valence-corrected chi connectivity index (χ2v) is 6.20. The van der Waals surface area contributed by atoms with Crippen LogP contribution in [-0.2, 0) is 4.79 Å². The molecule has 0 unspecified atom stereocenters. The summed E-state index contributed by atoms with van der Waals surface area (Å²) in [7, 11) is 1.44. The molecular formula is C17H16N4O4S. The van der Waals surface area contributed by atoms with E-state index in [-0.39, 0.29) is 22.1 Å². The van der Waals surface area contributed by atoms with Crippen molar-refractivity contribution in [1.82, 2.24) is 5.43 Å². The van der Waals surface area contributed by atoms with Gasteiger partial charge < -0.3 is 15.2 Å². The van der Waals surface area contributed by atoms with Crippen molar-refractivity contribution >= 4 is 34.4 Å². The number of hydrogen-bond donors (Lipinski definition) is 3. The SMILES string of the molecule is COc1ccc(/C=N\NC(=O)c2sc(NC(C)=O)c(C#N)c2C)cc1O. The van der Waals surface area contributed by atoms with Crippen molar-refractivity contribution in [2.24, 2.45) is 5.10 Å². The van der Waals surface area contributed by atoms with Crippen molar-refractivity contribution in [3.8, 4) is 17.6 Å². The molecule has 2 aromatic rings. The van der Waals surface area contributed by atoms with Gasteiger partial charge >= 0.3 is 0 Å². The molecule has 3 N–H and O–H groups in total. The number of phenols is 1. The fourth-order valence-corrected chi connectivity index (χ4v) is 3.21. The summed E-state index contributed by atoms with van der Waals surface area (Å²) in [5.74, 6) is -0.549. The van der Waals surface area contributed by atoms with E-state index < -0.39 is 5.91 Å². The maximum Gasteiger partial charge on any atom is 0.281 e. The number of ether oxygens (including phenoxy) is 1. The Hall–Kier alpha value is -3.38. The first-order valence-electron chi connectivity index (χ1n) is 7.38. The Labute approximate surface area is 153 Å². The number of phenolic OH excluding ortho intramolecular Hbond substituents is 1. The number of nitrogens with zero attached hydrogens (tertiary/aromatic N) is 2. The molecule has 0 aliphatic carbocycles. The predicted octanol–water partition coefficient (Wildman–Crippen LogP) is 2.36. The lowest BCUT2D eigenvalue weighted by atomic mass is 10.1. The smallest absolute Gasteiger partial charge is 0.281 e. The Kier molecular flexibility index (Phi) is 5.93. The summed E-state index contributed by atoms with van der Waals surface area (Å²) in [6, 6.07) is 6.65. The third-order valence-electron chi connectivity index (χ3n) is 3.34. The van der Waals surface area contributed by atoms with Gasteiger partial charge in [-0.25, -0.2) is 5.43 Å². The van der Waals surface area contributed by atoms with Crippen LogP contribution < -0.4 is 15.5 Å². The minimum absolute atomic E-state index is 0.0458. The van der Waals surface area contributed by atoms with Gasteiger partial charge in [0.2, 0.25) is 5.91 Å². The molecule has 0 aliphatic rings. The molecule has 134 valence electrons. The Balaban J connectivity index is 2.15. The van der Waals surface area contributed by atoms with Crippen LogP contribution in [0.1, 0.15) is 33.3 Å². The number of nitriles is 1. The lowest BCUT2D eigenvalue weighted by molar-refractivity contribution is -0.114. The first-order valence-corrected chi connectivity index (χ1v) is 8.20. The minimum Gasteiger partial charge on any atom is -0.504 e. The molecular weight excluding hydrogens is 356 g/mol. The van der Waals surface area contributed by atoms with E-state index in [4.69, 9.17) is 4.74 Å².